The predicted octanol–water partition coefficient (Wildman–Crippen LogP) is 2.19. The number of nitrogens with zero attached hydrogens (tertiary/aromatic N) is 2. The monoisotopic (exact) mass is 304 g/mol. The number of hydrogen-bond acceptors (Lipinski definition) is 5. The van der Waals surface area contributed by atoms with Gasteiger partial charge >= 0.3 is 0 Å². The van der Waals surface area contributed by atoms with Gasteiger partial charge in [0.15, 0.2) is 0 Å². The summed E-state index contributed by atoms with van der Waals surface area (Å²) in [5.41, 5.74) is 6.87. The van der Waals surface area contributed by atoms with Crippen molar-refractivity contribution in [2.24, 2.45) is 11.7 Å². The zero-order chi connectivity index (χ0) is 15.2. The second kappa shape index (κ2) is 7.28. The summed E-state index contributed by atoms with van der Waals surface area (Å²) in [6, 6.07) is 9.39. The van der Waals surface area contributed by atoms with Gasteiger partial charge in [-0.1, -0.05) is 55.5 Å². The summed E-state index contributed by atoms with van der Waals surface area (Å²) < 4.78 is 0. The molecule has 1 heterocycles. The van der Waals surface area contributed by atoms with E-state index in [0.29, 0.717) is 18.9 Å². The van der Waals surface area contributed by atoms with Crippen molar-refractivity contribution in [1.82, 2.24) is 15.5 Å². The van der Waals surface area contributed by atoms with E-state index in [2.05, 4.69) is 15.5 Å². The first-order chi connectivity index (χ1) is 10.1. The summed E-state index contributed by atoms with van der Waals surface area (Å²) in [5.74, 6) is 0.261. The molecular weight excluding hydrogens is 284 g/mol. The Morgan fingerprint density at radius 3 is 2.67 bits per heavy atom. The molecule has 0 aliphatic carbocycles. The number of aromatic nitrogens is 2. The summed E-state index contributed by atoms with van der Waals surface area (Å²) in [6.45, 7) is 4.46. The lowest BCUT2D eigenvalue weighted by Gasteiger charge is -2.13. The quantitative estimate of drug-likeness (QED) is 0.857. The molecule has 0 saturated heterocycles. The van der Waals surface area contributed by atoms with Crippen molar-refractivity contribution in [3.05, 3.63) is 35.3 Å². The predicted molar refractivity (Wildman–Crippen MR) is 84.6 cm³/mol. The largest absolute Gasteiger partial charge is 0.348 e. The average Bonchev–Trinajstić information content (AvgIpc) is 2.94. The van der Waals surface area contributed by atoms with Gasteiger partial charge in [0.1, 0.15) is 10.0 Å². The van der Waals surface area contributed by atoms with Gasteiger partial charge in [-0.2, -0.15) is 0 Å². The van der Waals surface area contributed by atoms with Crippen LogP contribution in [0.2, 0.25) is 0 Å². The van der Waals surface area contributed by atoms with E-state index >= 15 is 0 Å². The van der Waals surface area contributed by atoms with Gasteiger partial charge in [-0.05, 0) is 12.3 Å². The van der Waals surface area contributed by atoms with E-state index in [9.17, 15) is 4.79 Å². The summed E-state index contributed by atoms with van der Waals surface area (Å²) >= 11 is 1.48. The molecule has 5 nitrogen and oxygen atoms in total. The zero-order valence-corrected chi connectivity index (χ0v) is 13.1. The summed E-state index contributed by atoms with van der Waals surface area (Å²) in [6.07, 6.45) is 0.678. The third-order valence-electron chi connectivity index (χ3n) is 2.96. The Morgan fingerprint density at radius 1 is 1.29 bits per heavy atom. The molecule has 1 aromatic carbocycles. The first kappa shape index (κ1) is 15.6. The number of nitrogens with two attached hydrogens (primary N) is 1. The molecule has 0 unspecified atom stereocenters. The van der Waals surface area contributed by atoms with Gasteiger partial charge in [-0.15, -0.1) is 10.2 Å². The number of benzene rings is 1. The number of rotatable bonds is 6. The Kier molecular flexibility index (Phi) is 5.41. The molecule has 2 rings (SSSR count). The van der Waals surface area contributed by atoms with E-state index in [4.69, 9.17) is 5.73 Å². The molecular formula is C15H20N4OS. The molecule has 112 valence electrons. The van der Waals surface area contributed by atoms with Gasteiger partial charge < -0.3 is 11.1 Å². The molecule has 0 radical (unpaired) electrons. The maximum atomic E-state index is 11.8. The van der Waals surface area contributed by atoms with Crippen LogP contribution in [-0.4, -0.2) is 22.1 Å². The van der Waals surface area contributed by atoms with Crippen LogP contribution in [0.25, 0.3) is 10.6 Å². The van der Waals surface area contributed by atoms with Crippen molar-refractivity contribution in [3.8, 4) is 10.6 Å². The fraction of sp³-hybridized carbons (Fsp3) is 0.400. The van der Waals surface area contributed by atoms with Crippen LogP contribution in [0.5, 0.6) is 0 Å². The van der Waals surface area contributed by atoms with Gasteiger partial charge in [-0.3, -0.25) is 4.79 Å². The van der Waals surface area contributed by atoms with Crippen molar-refractivity contribution in [1.29, 1.82) is 0 Å². The summed E-state index contributed by atoms with van der Waals surface area (Å²) in [7, 11) is 0. The molecule has 6 heteroatoms. The smallest absolute Gasteiger partial charge is 0.237 e. The van der Waals surface area contributed by atoms with E-state index in [1.54, 1.807) is 0 Å². The second-order valence-corrected chi connectivity index (χ2v) is 6.38. The number of amides is 1. The van der Waals surface area contributed by atoms with E-state index in [-0.39, 0.29) is 5.91 Å². The third-order valence-corrected chi connectivity index (χ3v) is 3.94. The Hall–Kier alpha value is -1.79. The minimum Gasteiger partial charge on any atom is -0.348 e. The SMILES string of the molecule is CC(C)C[C@H](N)C(=O)NCc1nnc(-c2ccccc2)s1. The van der Waals surface area contributed by atoms with Crippen molar-refractivity contribution < 1.29 is 4.79 Å². The van der Waals surface area contributed by atoms with Gasteiger partial charge in [0, 0.05) is 5.56 Å². The Bertz CT molecular complexity index is 582. The molecule has 0 fully saturated rings. The fourth-order valence-electron chi connectivity index (χ4n) is 1.93. The van der Waals surface area contributed by atoms with E-state index in [1.807, 2.05) is 44.2 Å². The topological polar surface area (TPSA) is 80.9 Å². The lowest BCUT2D eigenvalue weighted by molar-refractivity contribution is -0.122. The van der Waals surface area contributed by atoms with Crippen molar-refractivity contribution in [3.63, 3.8) is 0 Å². The fourth-order valence-corrected chi connectivity index (χ4v) is 2.72. The highest BCUT2D eigenvalue weighted by atomic mass is 32.1. The summed E-state index contributed by atoms with van der Waals surface area (Å²) in [4.78, 5) is 11.8. The molecule has 3 N–H and O–H groups in total. The minimum atomic E-state index is -0.466. The molecule has 0 bridgehead atoms. The molecule has 1 aromatic heterocycles. The highest BCUT2D eigenvalue weighted by molar-refractivity contribution is 7.14. The van der Waals surface area contributed by atoms with Gasteiger partial charge in [0.05, 0.1) is 12.6 Å². The average molecular weight is 304 g/mol. The van der Waals surface area contributed by atoms with Crippen LogP contribution >= 0.6 is 11.3 Å². The normalized spacial score (nSPS) is 12.4. The first-order valence-corrected chi connectivity index (χ1v) is 7.79. The van der Waals surface area contributed by atoms with Crippen LogP contribution < -0.4 is 11.1 Å². The standard InChI is InChI=1S/C15H20N4OS/c1-10(2)8-12(16)14(20)17-9-13-18-19-15(21-13)11-6-4-3-5-7-11/h3-7,10,12H,8-9,16H2,1-2H3,(H,17,20)/t12-/m0/s1. The molecule has 1 amide bonds. The lowest BCUT2D eigenvalue weighted by Crippen LogP contribution is -2.41. The number of carbonyl (C=O) groups excluding carboxylic acids is 1. The number of carbonyl (C=O) groups is 1. The molecule has 0 saturated carbocycles. The van der Waals surface area contributed by atoms with Crippen molar-refractivity contribution in [2.45, 2.75) is 32.9 Å². The molecule has 0 spiro atoms. The van der Waals surface area contributed by atoms with Crippen LogP contribution in [0.15, 0.2) is 30.3 Å². The van der Waals surface area contributed by atoms with Crippen LogP contribution in [0.4, 0.5) is 0 Å². The van der Waals surface area contributed by atoms with Crippen LogP contribution in [0, 0.1) is 5.92 Å². The number of hydrogen-bond donors (Lipinski definition) is 2. The molecule has 1 atom stereocenters. The second-order valence-electron chi connectivity index (χ2n) is 5.32. The van der Waals surface area contributed by atoms with Gasteiger partial charge in [0.25, 0.3) is 0 Å². The minimum absolute atomic E-state index is 0.139. The van der Waals surface area contributed by atoms with Crippen molar-refractivity contribution in [2.75, 3.05) is 0 Å². The number of nitrogens with one attached hydrogen (secondary N) is 1. The van der Waals surface area contributed by atoms with Gasteiger partial charge in [0.2, 0.25) is 5.91 Å². The third kappa shape index (κ3) is 4.61. The molecule has 2 aromatic rings. The van der Waals surface area contributed by atoms with E-state index < -0.39 is 6.04 Å². The maximum absolute atomic E-state index is 11.8. The Labute approximate surface area is 128 Å². The van der Waals surface area contributed by atoms with Crippen LogP contribution in [0.3, 0.4) is 0 Å². The van der Waals surface area contributed by atoms with E-state index in [0.717, 1.165) is 15.6 Å². The Balaban J connectivity index is 1.90. The first-order valence-electron chi connectivity index (χ1n) is 6.97. The molecule has 21 heavy (non-hydrogen) atoms. The van der Waals surface area contributed by atoms with Gasteiger partial charge in [-0.25, -0.2) is 0 Å². The molecule has 0 aliphatic heterocycles. The highest BCUT2D eigenvalue weighted by Crippen LogP contribution is 2.22. The lowest BCUT2D eigenvalue weighted by atomic mass is 10.0. The van der Waals surface area contributed by atoms with Crippen LogP contribution in [-0.2, 0) is 11.3 Å². The maximum Gasteiger partial charge on any atom is 0.237 e. The van der Waals surface area contributed by atoms with Crippen molar-refractivity contribution >= 4 is 17.2 Å². The van der Waals surface area contributed by atoms with E-state index in [1.165, 1.54) is 11.3 Å². The summed E-state index contributed by atoms with van der Waals surface area (Å²) in [5, 5.41) is 12.7. The van der Waals surface area contributed by atoms with Crippen LogP contribution in [0.1, 0.15) is 25.3 Å². The highest BCUT2D eigenvalue weighted by Gasteiger charge is 2.15. The Morgan fingerprint density at radius 2 is 2.00 bits per heavy atom. The molecule has 0 aliphatic rings. The zero-order valence-electron chi connectivity index (χ0n) is 12.2.